The number of benzene rings is 6. The summed E-state index contributed by atoms with van der Waals surface area (Å²) in [5.74, 6) is 0.950. The quantitative estimate of drug-likeness (QED) is 0.130. The molecule has 0 radical (unpaired) electrons. The molecule has 7 aromatic rings. The van der Waals surface area contributed by atoms with Gasteiger partial charge in [0, 0.05) is 38.4 Å². The molecule has 12 heteroatoms. The van der Waals surface area contributed by atoms with E-state index < -0.39 is 5.79 Å². The van der Waals surface area contributed by atoms with Crippen LogP contribution in [0.5, 0.6) is 23.0 Å². The summed E-state index contributed by atoms with van der Waals surface area (Å²) in [6.45, 7) is 0. The van der Waals surface area contributed by atoms with Gasteiger partial charge in [0.2, 0.25) is 0 Å². The van der Waals surface area contributed by atoms with E-state index in [0.717, 1.165) is 0 Å². The number of hydrogen-bond donors (Lipinski definition) is 0. The summed E-state index contributed by atoms with van der Waals surface area (Å²) >= 11 is 27.8. The maximum absolute atomic E-state index is 7.11. The molecule has 290 valence electrons. The van der Waals surface area contributed by atoms with Crippen LogP contribution in [-0.4, -0.2) is 49.4 Å². The van der Waals surface area contributed by atoms with Crippen molar-refractivity contribution in [1.29, 1.82) is 0 Å². The van der Waals surface area contributed by atoms with Gasteiger partial charge in [0.05, 0.1) is 66.3 Å². The molecule has 0 saturated carbocycles. The van der Waals surface area contributed by atoms with Gasteiger partial charge in [0.25, 0.3) is 5.79 Å². The highest BCUT2D eigenvalue weighted by atomic mass is 35.5. The minimum absolute atomic E-state index is 0.458. The zero-order chi connectivity index (χ0) is 40.6. The van der Waals surface area contributed by atoms with Crippen molar-refractivity contribution in [3.8, 4) is 56.9 Å². The fourth-order valence-electron chi connectivity index (χ4n) is 7.14. The zero-order valence-electron chi connectivity index (χ0n) is 31.6. The summed E-state index contributed by atoms with van der Waals surface area (Å²) in [6.07, 6.45) is 0. The molecule has 0 aliphatic carbocycles. The summed E-state index contributed by atoms with van der Waals surface area (Å²) in [4.78, 5) is 16.8. The lowest BCUT2D eigenvalue weighted by Crippen LogP contribution is -2.31. The molecule has 0 N–H and O–H groups in total. The molecular weight excluding hydrogens is 814 g/mol. The molecule has 0 spiro atoms. The van der Waals surface area contributed by atoms with Crippen molar-refractivity contribution in [3.63, 3.8) is 0 Å². The van der Waals surface area contributed by atoms with Crippen LogP contribution >= 0.6 is 46.4 Å². The lowest BCUT2D eigenvalue weighted by Gasteiger charge is -2.30. The SMILES string of the molecule is COc1ccc(C2=NC(c3ccc(Cl)cc3)(n3c(-c4ccccc4Cl)nc(-c4ccccc4Cl)c3-c3ccc(OC)c(OC)c3)N=C2c2ccccc2Cl)cc1OC. The van der Waals surface area contributed by atoms with Gasteiger partial charge >= 0.3 is 0 Å². The van der Waals surface area contributed by atoms with Crippen LogP contribution in [0.15, 0.2) is 143 Å². The number of imidazole rings is 1. The number of halogens is 4. The zero-order valence-corrected chi connectivity index (χ0v) is 34.7. The largest absolute Gasteiger partial charge is 0.493 e. The molecule has 1 aliphatic rings. The Hall–Kier alpha value is -5.77. The lowest BCUT2D eigenvalue weighted by molar-refractivity contribution is 0.355. The third-order valence-electron chi connectivity index (χ3n) is 9.87. The van der Waals surface area contributed by atoms with Gasteiger partial charge in [-0.15, -0.1) is 0 Å². The number of nitrogens with zero attached hydrogens (tertiary/aromatic N) is 4. The predicted octanol–water partition coefficient (Wildman–Crippen LogP) is 12.2. The minimum atomic E-state index is -1.62. The lowest BCUT2D eigenvalue weighted by atomic mass is 9.99. The average molecular weight is 849 g/mol. The number of methoxy groups -OCH3 is 4. The molecular formula is C46H34Cl4N4O4. The number of aromatic nitrogens is 2. The molecule has 8 nitrogen and oxygen atoms in total. The van der Waals surface area contributed by atoms with Gasteiger partial charge in [-0.1, -0.05) is 107 Å². The van der Waals surface area contributed by atoms with E-state index in [9.17, 15) is 0 Å². The van der Waals surface area contributed by atoms with Crippen LogP contribution in [-0.2, 0) is 5.79 Å². The Morgan fingerprint density at radius 1 is 0.483 bits per heavy atom. The Kier molecular flexibility index (Phi) is 10.9. The van der Waals surface area contributed by atoms with E-state index in [-0.39, 0.29) is 0 Å². The van der Waals surface area contributed by atoms with Crippen molar-refractivity contribution in [3.05, 3.63) is 170 Å². The van der Waals surface area contributed by atoms with Crippen LogP contribution in [0.1, 0.15) is 16.7 Å². The molecule has 0 fully saturated rings. The number of hydrogen-bond acceptors (Lipinski definition) is 7. The van der Waals surface area contributed by atoms with Crippen LogP contribution in [0.25, 0.3) is 33.9 Å². The molecule has 0 saturated heterocycles. The fraction of sp³-hybridized carbons (Fsp3) is 0.109. The van der Waals surface area contributed by atoms with Gasteiger partial charge in [-0.2, -0.15) is 0 Å². The fourth-order valence-corrected chi connectivity index (χ4v) is 7.93. The Labute approximate surface area is 355 Å². The van der Waals surface area contributed by atoms with Gasteiger partial charge in [0.15, 0.2) is 23.0 Å². The molecule has 1 atom stereocenters. The summed E-state index contributed by atoms with van der Waals surface area (Å²) in [7, 11) is 6.37. The molecule has 8 rings (SSSR count). The smallest absolute Gasteiger partial charge is 0.261 e. The van der Waals surface area contributed by atoms with E-state index in [2.05, 4.69) is 0 Å². The molecule has 0 amide bonds. The number of rotatable bonds is 11. The first kappa shape index (κ1) is 39.1. The third kappa shape index (κ3) is 6.86. The van der Waals surface area contributed by atoms with Gasteiger partial charge in [-0.25, -0.2) is 15.0 Å². The second-order valence-corrected chi connectivity index (χ2v) is 14.8. The van der Waals surface area contributed by atoms with Crippen molar-refractivity contribution in [2.45, 2.75) is 5.79 Å². The van der Waals surface area contributed by atoms with Crippen LogP contribution in [0, 0.1) is 0 Å². The third-order valence-corrected chi connectivity index (χ3v) is 11.1. The standard InChI is InChI=1S/C46H34Cl4N4O4/c1-55-37-23-17-27(25-39(37)57-3)41-42(31-11-5-8-14-34(31)48)53-46(52-41,29-19-21-30(47)22-20-29)54-44(28-18-24-38(56-2)40(26-28)58-4)43(32-12-6-9-15-35(32)49)51-45(54)33-13-7-10-16-36(33)50/h5-26H,1-4H3. The summed E-state index contributed by atoms with van der Waals surface area (Å²) in [5, 5.41) is 1.96. The van der Waals surface area contributed by atoms with Gasteiger partial charge in [-0.3, -0.25) is 4.57 Å². The molecule has 0 bridgehead atoms. The number of ether oxygens (including phenoxy) is 4. The first-order valence-corrected chi connectivity index (χ1v) is 19.5. The van der Waals surface area contributed by atoms with Crippen molar-refractivity contribution in [2.24, 2.45) is 9.98 Å². The second kappa shape index (κ2) is 16.2. The van der Waals surface area contributed by atoms with E-state index in [1.165, 1.54) is 0 Å². The molecule has 6 aromatic carbocycles. The second-order valence-electron chi connectivity index (χ2n) is 13.1. The maximum atomic E-state index is 7.11. The van der Waals surface area contributed by atoms with E-state index in [0.29, 0.717) is 105 Å². The molecule has 1 unspecified atom stereocenters. The van der Waals surface area contributed by atoms with Crippen LogP contribution in [0.4, 0.5) is 0 Å². The molecule has 58 heavy (non-hydrogen) atoms. The Morgan fingerprint density at radius 2 is 0.966 bits per heavy atom. The van der Waals surface area contributed by atoms with Crippen molar-refractivity contribution < 1.29 is 18.9 Å². The summed E-state index contributed by atoms with van der Waals surface area (Å²) in [5.41, 5.74) is 6.23. The van der Waals surface area contributed by atoms with Gasteiger partial charge in [-0.05, 0) is 72.8 Å². The van der Waals surface area contributed by atoms with Crippen LogP contribution in [0.3, 0.4) is 0 Å². The van der Waals surface area contributed by atoms with E-state index in [1.54, 1.807) is 28.4 Å². The van der Waals surface area contributed by atoms with E-state index in [4.69, 9.17) is 80.3 Å². The van der Waals surface area contributed by atoms with Crippen molar-refractivity contribution in [1.82, 2.24) is 9.55 Å². The summed E-state index contributed by atoms with van der Waals surface area (Å²) in [6, 6.07) is 41.3. The highest BCUT2D eigenvalue weighted by Crippen LogP contribution is 2.49. The molecule has 1 aliphatic heterocycles. The average Bonchev–Trinajstić information content (AvgIpc) is 3.85. The van der Waals surface area contributed by atoms with Crippen LogP contribution < -0.4 is 18.9 Å². The first-order valence-electron chi connectivity index (χ1n) is 18.0. The Balaban J connectivity index is 1.60. The van der Waals surface area contributed by atoms with Crippen molar-refractivity contribution >= 4 is 57.8 Å². The molecule has 1 aromatic heterocycles. The predicted molar refractivity (Wildman–Crippen MR) is 234 cm³/mol. The first-order chi connectivity index (χ1) is 28.2. The van der Waals surface area contributed by atoms with Crippen LogP contribution in [0.2, 0.25) is 20.1 Å². The monoisotopic (exact) mass is 846 g/mol. The summed E-state index contributed by atoms with van der Waals surface area (Å²) < 4.78 is 24.9. The topological polar surface area (TPSA) is 79.5 Å². The normalized spacial score (nSPS) is 14.8. The minimum Gasteiger partial charge on any atom is -0.493 e. The highest BCUT2D eigenvalue weighted by molar-refractivity contribution is 6.56. The Morgan fingerprint density at radius 3 is 1.52 bits per heavy atom. The van der Waals surface area contributed by atoms with Gasteiger partial charge < -0.3 is 18.9 Å². The molecule has 2 heterocycles. The highest BCUT2D eigenvalue weighted by Gasteiger charge is 2.46. The van der Waals surface area contributed by atoms with E-state index >= 15 is 0 Å². The van der Waals surface area contributed by atoms with Gasteiger partial charge in [0.1, 0.15) is 5.82 Å². The maximum Gasteiger partial charge on any atom is 0.261 e. The van der Waals surface area contributed by atoms with E-state index in [1.807, 2.05) is 138 Å². The number of aliphatic imine (C=N–C) groups is 2. The van der Waals surface area contributed by atoms with Crippen molar-refractivity contribution in [2.75, 3.05) is 28.4 Å². The Bertz CT molecular complexity index is 2750.